The average molecular weight is 592 g/mol. The lowest BCUT2D eigenvalue weighted by Gasteiger charge is -2.24. The van der Waals surface area contributed by atoms with Gasteiger partial charge in [0.1, 0.15) is 24.5 Å². The monoisotopic (exact) mass is 591 g/mol. The Labute approximate surface area is 241 Å². The fourth-order valence-electron chi connectivity index (χ4n) is 4.38. The summed E-state index contributed by atoms with van der Waals surface area (Å²) in [6.07, 6.45) is 3.17. The summed E-state index contributed by atoms with van der Waals surface area (Å²) in [6, 6.07) is 20.9. The van der Waals surface area contributed by atoms with E-state index in [0.29, 0.717) is 5.56 Å². The third kappa shape index (κ3) is 6.95. The number of H-pyrrole nitrogens is 1. The maximum Gasteiger partial charge on any atom is 0.459 e. The lowest BCUT2D eigenvalue weighted by molar-refractivity contribution is -0.146. The van der Waals surface area contributed by atoms with Crippen molar-refractivity contribution in [1.82, 2.24) is 14.6 Å². The Bertz CT molecular complexity index is 1760. The van der Waals surface area contributed by atoms with Gasteiger partial charge in [-0.1, -0.05) is 66.7 Å². The molecular weight excluding hydrogens is 561 g/mol. The molecule has 1 aromatic heterocycles. The molecule has 3 aromatic carbocycles. The number of ether oxygens (including phenoxy) is 2. The first kappa shape index (κ1) is 29.2. The van der Waals surface area contributed by atoms with Gasteiger partial charge < -0.3 is 14.0 Å². The zero-order valence-electron chi connectivity index (χ0n) is 23.0. The smallest absolute Gasteiger partial charge is 0.459 e. The molecule has 11 nitrogen and oxygen atoms in total. The van der Waals surface area contributed by atoms with E-state index in [1.807, 2.05) is 42.5 Å². The number of rotatable bonds is 11. The van der Waals surface area contributed by atoms with Gasteiger partial charge in [0.15, 0.2) is 6.23 Å². The van der Waals surface area contributed by atoms with Crippen molar-refractivity contribution < 1.29 is 27.9 Å². The van der Waals surface area contributed by atoms with E-state index < -0.39 is 43.3 Å². The number of carbonyl (C=O) groups is 1. The molecule has 1 aliphatic heterocycles. The van der Waals surface area contributed by atoms with Crippen LogP contribution in [0.25, 0.3) is 10.8 Å². The first-order valence-corrected chi connectivity index (χ1v) is 14.8. The lowest BCUT2D eigenvalue weighted by Crippen LogP contribution is -2.36. The molecule has 0 amide bonds. The van der Waals surface area contributed by atoms with E-state index in [-0.39, 0.29) is 19.0 Å². The maximum atomic E-state index is 13.9. The van der Waals surface area contributed by atoms with Crippen molar-refractivity contribution in [3.05, 3.63) is 123 Å². The van der Waals surface area contributed by atoms with Gasteiger partial charge in [-0.15, -0.1) is 0 Å². The Morgan fingerprint density at radius 2 is 1.79 bits per heavy atom. The van der Waals surface area contributed by atoms with Crippen molar-refractivity contribution >= 4 is 24.5 Å². The van der Waals surface area contributed by atoms with Crippen LogP contribution in [0.2, 0.25) is 0 Å². The van der Waals surface area contributed by atoms with E-state index >= 15 is 0 Å². The van der Waals surface area contributed by atoms with E-state index in [9.17, 15) is 18.9 Å². The number of carbonyl (C=O) groups excluding carboxylic acids is 1. The number of esters is 1. The van der Waals surface area contributed by atoms with Crippen molar-refractivity contribution in [3.8, 4) is 5.75 Å². The van der Waals surface area contributed by atoms with Crippen molar-refractivity contribution in [2.45, 2.75) is 38.8 Å². The predicted molar refractivity (Wildman–Crippen MR) is 156 cm³/mol. The SMILES string of the molecule is Cc1cn([C@H]2C=C[C@@H](COP(=O)(N[C@@H](C)C(=O)OCc3cccc4ccccc34)Oc3ccccc3)O2)c(=O)[nH]c1=O. The topological polar surface area (TPSA) is 138 Å². The lowest BCUT2D eigenvalue weighted by atomic mass is 10.1. The van der Waals surface area contributed by atoms with Gasteiger partial charge in [0, 0.05) is 11.8 Å². The summed E-state index contributed by atoms with van der Waals surface area (Å²) in [5.74, 6) is -0.381. The number of hydrogen-bond donors (Lipinski definition) is 2. The summed E-state index contributed by atoms with van der Waals surface area (Å²) in [4.78, 5) is 39.1. The molecule has 0 radical (unpaired) electrons. The molecule has 4 atom stereocenters. The second kappa shape index (κ2) is 12.7. The maximum absolute atomic E-state index is 13.9. The van der Waals surface area contributed by atoms with E-state index in [1.165, 1.54) is 17.7 Å². The van der Waals surface area contributed by atoms with E-state index in [1.54, 1.807) is 49.4 Å². The van der Waals surface area contributed by atoms with Gasteiger partial charge in [-0.05, 0) is 48.4 Å². The second-order valence-electron chi connectivity index (χ2n) is 9.72. The third-order valence-electron chi connectivity index (χ3n) is 6.56. The fraction of sp³-hybridized carbons (Fsp3) is 0.233. The Balaban J connectivity index is 1.24. The first-order valence-electron chi connectivity index (χ1n) is 13.3. The molecule has 218 valence electrons. The third-order valence-corrected chi connectivity index (χ3v) is 8.20. The zero-order chi connectivity index (χ0) is 29.7. The Morgan fingerprint density at radius 3 is 2.60 bits per heavy atom. The van der Waals surface area contributed by atoms with E-state index in [4.69, 9.17) is 18.5 Å². The number of aromatic amines is 1. The number of fused-ring (bicyclic) bond motifs is 1. The summed E-state index contributed by atoms with van der Waals surface area (Å²) < 4.78 is 37.9. The zero-order valence-corrected chi connectivity index (χ0v) is 23.9. The number of benzene rings is 3. The van der Waals surface area contributed by atoms with Crippen LogP contribution in [0.4, 0.5) is 0 Å². The highest BCUT2D eigenvalue weighted by Crippen LogP contribution is 2.45. The highest BCUT2D eigenvalue weighted by Gasteiger charge is 2.34. The van der Waals surface area contributed by atoms with E-state index in [2.05, 4.69) is 10.1 Å². The van der Waals surface area contributed by atoms with Crippen LogP contribution in [0.3, 0.4) is 0 Å². The second-order valence-corrected chi connectivity index (χ2v) is 11.4. The molecule has 4 aromatic rings. The van der Waals surface area contributed by atoms with E-state index in [0.717, 1.165) is 16.3 Å². The fourth-order valence-corrected chi connectivity index (χ4v) is 5.88. The molecule has 0 bridgehead atoms. The molecule has 1 aliphatic rings. The molecular formula is C30H30N3O8P. The van der Waals surface area contributed by atoms with Gasteiger partial charge in [-0.2, -0.15) is 5.09 Å². The standard InChI is InChI=1S/C30H30N3O8P/c1-20-17-33(30(36)31-28(20)34)27-16-15-25(40-27)19-39-42(37,41-24-12-4-3-5-13-24)32-21(2)29(35)38-18-23-11-8-10-22-9-6-7-14-26(22)23/h3-17,21,25,27H,18-19H2,1-2H3,(H,32,37)(H,31,34,36)/t21-,25-,27+,42?/m0/s1. The van der Waals surface area contributed by atoms with Crippen molar-refractivity contribution in [1.29, 1.82) is 0 Å². The quantitative estimate of drug-likeness (QED) is 0.148. The van der Waals surface area contributed by atoms with Gasteiger partial charge in [0.25, 0.3) is 5.56 Å². The summed E-state index contributed by atoms with van der Waals surface area (Å²) in [6.45, 7) is 2.88. The normalized spacial score (nSPS) is 18.4. The Hall–Kier alpha value is -4.28. The molecule has 42 heavy (non-hydrogen) atoms. The Kier molecular flexibility index (Phi) is 8.84. The van der Waals surface area contributed by atoms with Crippen LogP contribution in [0.15, 0.2) is 101 Å². The summed E-state index contributed by atoms with van der Waals surface area (Å²) in [5.41, 5.74) is 0.0769. The van der Waals surface area contributed by atoms with Gasteiger partial charge in [-0.3, -0.25) is 23.7 Å². The minimum absolute atomic E-state index is 0.0304. The molecule has 0 spiro atoms. The number of para-hydroxylation sites is 1. The number of nitrogens with one attached hydrogen (secondary N) is 2. The van der Waals surface area contributed by atoms with Crippen LogP contribution in [0, 0.1) is 6.92 Å². The average Bonchev–Trinajstić information content (AvgIpc) is 3.46. The molecule has 5 rings (SSSR count). The summed E-state index contributed by atoms with van der Waals surface area (Å²) >= 11 is 0. The Morgan fingerprint density at radius 1 is 1.05 bits per heavy atom. The predicted octanol–water partition coefficient (Wildman–Crippen LogP) is 4.38. The van der Waals surface area contributed by atoms with Crippen LogP contribution in [0.5, 0.6) is 5.75 Å². The minimum Gasteiger partial charge on any atom is -0.460 e. The molecule has 0 saturated heterocycles. The van der Waals surface area contributed by atoms with Crippen LogP contribution >= 0.6 is 7.75 Å². The molecule has 0 saturated carbocycles. The highest BCUT2D eigenvalue weighted by molar-refractivity contribution is 7.52. The van der Waals surface area contributed by atoms with Crippen molar-refractivity contribution in [3.63, 3.8) is 0 Å². The number of nitrogens with zero attached hydrogens (tertiary/aromatic N) is 1. The number of hydrogen-bond acceptors (Lipinski definition) is 8. The largest absolute Gasteiger partial charge is 0.460 e. The van der Waals surface area contributed by atoms with Crippen LogP contribution < -0.4 is 20.9 Å². The molecule has 0 aliphatic carbocycles. The van der Waals surface area contributed by atoms with Crippen molar-refractivity contribution in [2.75, 3.05) is 6.61 Å². The molecule has 1 unspecified atom stereocenters. The van der Waals surface area contributed by atoms with Gasteiger partial charge in [-0.25, -0.2) is 9.36 Å². The van der Waals surface area contributed by atoms with Crippen molar-refractivity contribution in [2.24, 2.45) is 0 Å². The van der Waals surface area contributed by atoms with Gasteiger partial charge >= 0.3 is 19.4 Å². The molecule has 12 heteroatoms. The van der Waals surface area contributed by atoms with Crippen LogP contribution in [0.1, 0.15) is 24.3 Å². The number of aromatic nitrogens is 2. The van der Waals surface area contributed by atoms with Crippen LogP contribution in [-0.4, -0.2) is 34.3 Å². The first-order chi connectivity index (χ1) is 20.2. The molecule has 0 fully saturated rings. The summed E-state index contributed by atoms with van der Waals surface area (Å²) in [5, 5.41) is 4.66. The highest BCUT2D eigenvalue weighted by atomic mass is 31.2. The molecule has 2 heterocycles. The minimum atomic E-state index is -4.13. The summed E-state index contributed by atoms with van der Waals surface area (Å²) in [7, 11) is -4.13. The van der Waals surface area contributed by atoms with Gasteiger partial charge in [0.05, 0.1) is 6.61 Å². The molecule has 2 N–H and O–H groups in total. The number of aryl methyl sites for hydroxylation is 1. The van der Waals surface area contributed by atoms with Crippen LogP contribution in [-0.2, 0) is 30.0 Å². The van der Waals surface area contributed by atoms with Gasteiger partial charge in [0.2, 0.25) is 0 Å².